The Morgan fingerprint density at radius 2 is 1.83 bits per heavy atom. The summed E-state index contributed by atoms with van der Waals surface area (Å²) >= 11 is 0. The van der Waals surface area contributed by atoms with Gasteiger partial charge in [-0.1, -0.05) is 12.8 Å². The van der Waals surface area contributed by atoms with Crippen LogP contribution in [0.2, 0.25) is 0 Å². The van der Waals surface area contributed by atoms with Crippen LogP contribution in [0.3, 0.4) is 0 Å². The fraction of sp³-hybridized carbons (Fsp3) is 0.684. The number of nitrogens with one attached hydrogen (secondary N) is 1. The molecular formula is C19H31N2O3+. The molecule has 3 N–H and O–H groups in total. The molecule has 0 bridgehead atoms. The highest BCUT2D eigenvalue weighted by atomic mass is 16.5. The molecule has 1 aromatic rings. The zero-order valence-electron chi connectivity index (χ0n) is 15.4. The number of nitrogens with two attached hydrogens (primary N) is 1. The number of aromatic amines is 1. The van der Waals surface area contributed by atoms with Gasteiger partial charge < -0.3 is 15.0 Å². The largest absolute Gasteiger partial charge is 0.462 e. The number of ether oxygens (including phenoxy) is 1. The highest BCUT2D eigenvalue weighted by Gasteiger charge is 2.29. The summed E-state index contributed by atoms with van der Waals surface area (Å²) in [7, 11) is 0. The van der Waals surface area contributed by atoms with Gasteiger partial charge in [-0.15, -0.1) is 0 Å². The second-order valence-corrected chi connectivity index (χ2v) is 6.94. The fourth-order valence-electron chi connectivity index (χ4n) is 3.73. The molecule has 0 unspecified atom stereocenters. The van der Waals surface area contributed by atoms with Crippen LogP contribution in [0.4, 0.5) is 0 Å². The van der Waals surface area contributed by atoms with Gasteiger partial charge in [-0.2, -0.15) is 0 Å². The van der Waals surface area contributed by atoms with E-state index in [1.807, 2.05) is 20.8 Å². The van der Waals surface area contributed by atoms with Crippen LogP contribution < -0.4 is 5.32 Å². The molecule has 0 saturated heterocycles. The van der Waals surface area contributed by atoms with Crippen molar-refractivity contribution in [2.24, 2.45) is 0 Å². The molecule has 5 heteroatoms. The van der Waals surface area contributed by atoms with E-state index >= 15 is 0 Å². The first-order valence-electron chi connectivity index (χ1n) is 9.21. The standard InChI is InChI=1S/C19H30N2O3/c1-5-24-19(23)16-12(2)17(21-13(16)3)18(22)14(4)20-15-10-8-6-7-9-11-15/h14-15,20-21H,5-11H2,1-4H3/p+1/t14-/m0/s1. The molecule has 1 fully saturated rings. The Bertz CT molecular complexity index is 584. The zero-order valence-corrected chi connectivity index (χ0v) is 15.4. The molecule has 0 aliphatic heterocycles. The van der Waals surface area contributed by atoms with Crippen LogP contribution in [0.15, 0.2) is 0 Å². The van der Waals surface area contributed by atoms with Crippen LogP contribution in [0.25, 0.3) is 0 Å². The van der Waals surface area contributed by atoms with E-state index in [1.165, 1.54) is 38.5 Å². The fourth-order valence-corrected chi connectivity index (χ4v) is 3.73. The van der Waals surface area contributed by atoms with E-state index in [9.17, 15) is 9.59 Å². The van der Waals surface area contributed by atoms with Crippen molar-refractivity contribution in [3.63, 3.8) is 0 Å². The molecule has 0 amide bonds. The van der Waals surface area contributed by atoms with E-state index in [2.05, 4.69) is 10.3 Å². The number of aromatic nitrogens is 1. The van der Waals surface area contributed by atoms with Crippen molar-refractivity contribution in [1.82, 2.24) is 4.98 Å². The van der Waals surface area contributed by atoms with Crippen LogP contribution in [0, 0.1) is 13.8 Å². The van der Waals surface area contributed by atoms with Gasteiger partial charge in [-0.05, 0) is 58.9 Å². The van der Waals surface area contributed by atoms with E-state index in [4.69, 9.17) is 4.74 Å². The Kier molecular flexibility index (Phi) is 6.60. The topological polar surface area (TPSA) is 75.8 Å². The summed E-state index contributed by atoms with van der Waals surface area (Å²) in [6.07, 6.45) is 7.52. The average molecular weight is 335 g/mol. The molecule has 134 valence electrons. The van der Waals surface area contributed by atoms with Crippen molar-refractivity contribution in [3.8, 4) is 0 Å². The highest BCUT2D eigenvalue weighted by Crippen LogP contribution is 2.20. The Labute approximate surface area is 144 Å². The summed E-state index contributed by atoms with van der Waals surface area (Å²) < 4.78 is 5.10. The molecule has 1 atom stereocenters. The van der Waals surface area contributed by atoms with Gasteiger partial charge in [-0.25, -0.2) is 4.79 Å². The number of quaternary nitrogens is 1. The summed E-state index contributed by atoms with van der Waals surface area (Å²) in [6.45, 7) is 7.72. The highest BCUT2D eigenvalue weighted by molar-refractivity contribution is 6.03. The summed E-state index contributed by atoms with van der Waals surface area (Å²) in [5, 5.41) is 2.22. The van der Waals surface area contributed by atoms with Crippen LogP contribution in [0.5, 0.6) is 0 Å². The van der Waals surface area contributed by atoms with Gasteiger partial charge in [-0.3, -0.25) is 4.79 Å². The van der Waals surface area contributed by atoms with Crippen molar-refractivity contribution < 1.29 is 19.6 Å². The SMILES string of the molecule is CCOC(=O)c1c(C)[nH]c(C(=O)[C@H](C)[NH2+]C2CCCCCC2)c1C. The number of ketones is 1. The zero-order chi connectivity index (χ0) is 17.7. The number of rotatable bonds is 6. The van der Waals surface area contributed by atoms with Gasteiger partial charge in [0, 0.05) is 5.69 Å². The van der Waals surface area contributed by atoms with Crippen LogP contribution in [-0.2, 0) is 4.74 Å². The van der Waals surface area contributed by atoms with E-state index in [-0.39, 0.29) is 17.8 Å². The van der Waals surface area contributed by atoms with E-state index in [1.54, 1.807) is 6.92 Å². The first-order chi connectivity index (χ1) is 11.5. The smallest absolute Gasteiger partial charge is 0.340 e. The van der Waals surface area contributed by atoms with Crippen molar-refractivity contribution >= 4 is 11.8 Å². The summed E-state index contributed by atoms with van der Waals surface area (Å²) in [4.78, 5) is 28.1. The van der Waals surface area contributed by atoms with Crippen molar-refractivity contribution in [1.29, 1.82) is 0 Å². The lowest BCUT2D eigenvalue weighted by molar-refractivity contribution is -0.706. The maximum Gasteiger partial charge on any atom is 0.340 e. The molecule has 2 rings (SSSR count). The van der Waals surface area contributed by atoms with E-state index in [0.717, 1.165) is 0 Å². The van der Waals surface area contributed by atoms with E-state index < -0.39 is 0 Å². The Hall–Kier alpha value is -1.62. The van der Waals surface area contributed by atoms with Crippen molar-refractivity contribution in [2.75, 3.05) is 6.61 Å². The average Bonchev–Trinajstić information content (AvgIpc) is 2.70. The Morgan fingerprint density at radius 1 is 1.21 bits per heavy atom. The molecule has 0 spiro atoms. The molecular weight excluding hydrogens is 304 g/mol. The second kappa shape index (κ2) is 8.47. The quantitative estimate of drug-likeness (QED) is 0.477. The van der Waals surface area contributed by atoms with Gasteiger partial charge in [0.05, 0.1) is 23.9 Å². The minimum absolute atomic E-state index is 0.0652. The third-order valence-corrected chi connectivity index (χ3v) is 5.04. The normalized spacial score (nSPS) is 17.3. The number of hydrogen-bond donors (Lipinski definition) is 2. The minimum Gasteiger partial charge on any atom is -0.462 e. The Morgan fingerprint density at radius 3 is 2.42 bits per heavy atom. The van der Waals surface area contributed by atoms with Gasteiger partial charge in [0.1, 0.15) is 6.04 Å². The molecule has 5 nitrogen and oxygen atoms in total. The summed E-state index contributed by atoms with van der Waals surface area (Å²) in [5.41, 5.74) is 2.46. The molecule has 1 aromatic heterocycles. The lowest BCUT2D eigenvalue weighted by Gasteiger charge is -2.17. The third kappa shape index (κ3) is 4.26. The van der Waals surface area contributed by atoms with Crippen LogP contribution >= 0.6 is 0 Å². The third-order valence-electron chi connectivity index (χ3n) is 5.04. The summed E-state index contributed by atoms with van der Waals surface area (Å²) in [5.74, 6) is -0.293. The number of Topliss-reactive ketones (excluding diaryl/α,β-unsaturated/α-hetero) is 1. The molecule has 1 saturated carbocycles. The molecule has 0 radical (unpaired) electrons. The minimum atomic E-state index is -0.358. The maximum absolute atomic E-state index is 12.9. The van der Waals surface area contributed by atoms with Gasteiger partial charge in [0.15, 0.2) is 0 Å². The van der Waals surface area contributed by atoms with Crippen molar-refractivity contribution in [2.45, 2.75) is 78.3 Å². The number of carbonyl (C=O) groups is 2. The number of hydrogen-bond acceptors (Lipinski definition) is 3. The van der Waals surface area contributed by atoms with Crippen LogP contribution in [0.1, 0.15) is 84.5 Å². The van der Waals surface area contributed by atoms with Crippen molar-refractivity contribution in [3.05, 3.63) is 22.5 Å². The predicted molar refractivity (Wildman–Crippen MR) is 93.4 cm³/mol. The first kappa shape index (κ1) is 18.7. The molecule has 0 aromatic carbocycles. The number of esters is 1. The molecule has 1 aliphatic rings. The van der Waals surface area contributed by atoms with Crippen LogP contribution in [-0.4, -0.2) is 35.4 Å². The predicted octanol–water partition coefficient (Wildman–Crippen LogP) is 2.67. The summed E-state index contributed by atoms with van der Waals surface area (Å²) in [6, 6.07) is 0.396. The Balaban J connectivity index is 2.11. The van der Waals surface area contributed by atoms with Gasteiger partial charge in [0.25, 0.3) is 0 Å². The number of H-pyrrole nitrogens is 1. The molecule has 1 aliphatic carbocycles. The molecule has 1 heterocycles. The lowest BCUT2D eigenvalue weighted by atomic mass is 10.0. The first-order valence-corrected chi connectivity index (χ1v) is 9.21. The number of aryl methyl sites for hydroxylation is 1. The maximum atomic E-state index is 12.9. The van der Waals surface area contributed by atoms with Gasteiger partial charge in [0.2, 0.25) is 5.78 Å². The molecule has 24 heavy (non-hydrogen) atoms. The second-order valence-electron chi connectivity index (χ2n) is 6.94. The van der Waals surface area contributed by atoms with E-state index in [0.29, 0.717) is 35.2 Å². The number of carbonyl (C=O) groups excluding carboxylic acids is 2. The lowest BCUT2D eigenvalue weighted by Crippen LogP contribution is -2.95. The van der Waals surface area contributed by atoms with Gasteiger partial charge >= 0.3 is 5.97 Å². The monoisotopic (exact) mass is 335 g/mol.